The number of nitrogens with one attached hydrogen (secondary N) is 1. The van der Waals surface area contributed by atoms with Gasteiger partial charge < -0.3 is 15.1 Å². The molecule has 0 saturated carbocycles. The van der Waals surface area contributed by atoms with E-state index in [1.165, 1.54) is 19.3 Å². The van der Waals surface area contributed by atoms with Crippen LogP contribution >= 0.6 is 0 Å². The second-order valence-corrected chi connectivity index (χ2v) is 4.65. The Morgan fingerprint density at radius 2 is 2.06 bits per heavy atom. The third-order valence-electron chi connectivity index (χ3n) is 3.35. The molecule has 4 heteroatoms. The molecule has 0 spiro atoms. The van der Waals surface area contributed by atoms with Crippen LogP contribution in [-0.4, -0.2) is 55.6 Å². The largest absolute Gasteiger partial charge is 0.328 e. The summed E-state index contributed by atoms with van der Waals surface area (Å²) in [5.74, 6) is 0. The molecule has 1 saturated heterocycles. The zero-order valence-corrected chi connectivity index (χ0v) is 10.8. The standard InChI is InChI=1S/C12H25N3O/c1-4-14(2)12(16)15(3)10-8-11-7-5-6-9-13-11/h11,13H,4-10H2,1-3H3. The molecule has 1 N–H and O–H groups in total. The van der Waals surface area contributed by atoms with Gasteiger partial charge in [-0.15, -0.1) is 0 Å². The second-order valence-electron chi connectivity index (χ2n) is 4.65. The zero-order valence-electron chi connectivity index (χ0n) is 10.8. The van der Waals surface area contributed by atoms with E-state index >= 15 is 0 Å². The molecule has 1 rings (SSSR count). The van der Waals surface area contributed by atoms with Crippen LogP contribution in [0, 0.1) is 0 Å². The van der Waals surface area contributed by atoms with Gasteiger partial charge in [-0.3, -0.25) is 0 Å². The molecular weight excluding hydrogens is 202 g/mol. The average molecular weight is 227 g/mol. The summed E-state index contributed by atoms with van der Waals surface area (Å²) in [5, 5.41) is 3.51. The van der Waals surface area contributed by atoms with Gasteiger partial charge in [0.15, 0.2) is 0 Å². The van der Waals surface area contributed by atoms with Gasteiger partial charge >= 0.3 is 6.03 Å². The predicted molar refractivity (Wildman–Crippen MR) is 66.6 cm³/mol. The molecule has 0 aromatic heterocycles. The lowest BCUT2D eigenvalue weighted by molar-refractivity contribution is 0.172. The fourth-order valence-corrected chi connectivity index (χ4v) is 2.04. The van der Waals surface area contributed by atoms with Crippen molar-refractivity contribution in [2.45, 2.75) is 38.6 Å². The maximum atomic E-state index is 11.8. The summed E-state index contributed by atoms with van der Waals surface area (Å²) in [7, 11) is 3.73. The molecule has 0 radical (unpaired) electrons. The van der Waals surface area contributed by atoms with E-state index in [-0.39, 0.29) is 6.03 Å². The maximum Gasteiger partial charge on any atom is 0.319 e. The summed E-state index contributed by atoms with van der Waals surface area (Å²) in [5.41, 5.74) is 0. The predicted octanol–water partition coefficient (Wildman–Crippen LogP) is 1.52. The van der Waals surface area contributed by atoms with Crippen molar-refractivity contribution in [1.82, 2.24) is 15.1 Å². The first-order chi connectivity index (χ1) is 7.65. The number of hydrogen-bond donors (Lipinski definition) is 1. The number of hydrogen-bond acceptors (Lipinski definition) is 2. The quantitative estimate of drug-likeness (QED) is 0.790. The molecule has 1 aliphatic rings. The molecule has 16 heavy (non-hydrogen) atoms. The van der Waals surface area contributed by atoms with Gasteiger partial charge in [0, 0.05) is 33.2 Å². The number of carbonyl (C=O) groups is 1. The van der Waals surface area contributed by atoms with Crippen molar-refractivity contribution in [3.63, 3.8) is 0 Å². The Balaban J connectivity index is 2.22. The van der Waals surface area contributed by atoms with Crippen molar-refractivity contribution in [3.05, 3.63) is 0 Å². The van der Waals surface area contributed by atoms with Crippen LogP contribution in [0.3, 0.4) is 0 Å². The van der Waals surface area contributed by atoms with E-state index in [0.717, 1.165) is 26.1 Å². The fourth-order valence-electron chi connectivity index (χ4n) is 2.04. The number of urea groups is 1. The molecule has 0 aliphatic carbocycles. The summed E-state index contributed by atoms with van der Waals surface area (Å²) in [4.78, 5) is 15.3. The van der Waals surface area contributed by atoms with Crippen LogP contribution in [0.25, 0.3) is 0 Å². The molecule has 1 atom stereocenters. The van der Waals surface area contributed by atoms with Crippen LogP contribution in [0.1, 0.15) is 32.6 Å². The molecule has 94 valence electrons. The molecule has 0 aromatic carbocycles. The van der Waals surface area contributed by atoms with E-state index in [1.807, 2.05) is 25.9 Å². The first-order valence-corrected chi connectivity index (χ1v) is 6.34. The highest BCUT2D eigenvalue weighted by Crippen LogP contribution is 2.10. The van der Waals surface area contributed by atoms with Crippen LogP contribution in [-0.2, 0) is 0 Å². The molecule has 4 nitrogen and oxygen atoms in total. The lowest BCUT2D eigenvalue weighted by atomic mass is 10.0. The van der Waals surface area contributed by atoms with Gasteiger partial charge in [-0.2, -0.15) is 0 Å². The first kappa shape index (κ1) is 13.3. The lowest BCUT2D eigenvalue weighted by Gasteiger charge is -2.28. The number of rotatable bonds is 4. The highest BCUT2D eigenvalue weighted by molar-refractivity contribution is 5.73. The Hall–Kier alpha value is -0.770. The molecule has 0 aromatic rings. The Labute approximate surface area is 99.0 Å². The molecule has 1 unspecified atom stereocenters. The van der Waals surface area contributed by atoms with Crippen molar-refractivity contribution in [3.8, 4) is 0 Å². The highest BCUT2D eigenvalue weighted by atomic mass is 16.2. The van der Waals surface area contributed by atoms with Crippen molar-refractivity contribution in [2.24, 2.45) is 0 Å². The molecule has 1 heterocycles. The molecule has 0 bridgehead atoms. The number of amides is 2. The van der Waals surface area contributed by atoms with Gasteiger partial charge in [0.2, 0.25) is 0 Å². The lowest BCUT2D eigenvalue weighted by Crippen LogP contribution is -2.42. The molecule has 1 aliphatic heterocycles. The van der Waals surface area contributed by atoms with Gasteiger partial charge in [-0.1, -0.05) is 6.42 Å². The van der Waals surface area contributed by atoms with Crippen molar-refractivity contribution in [1.29, 1.82) is 0 Å². The Morgan fingerprint density at radius 3 is 2.62 bits per heavy atom. The zero-order chi connectivity index (χ0) is 12.0. The topological polar surface area (TPSA) is 35.6 Å². The van der Waals surface area contributed by atoms with Crippen molar-refractivity contribution in [2.75, 3.05) is 33.7 Å². The highest BCUT2D eigenvalue weighted by Gasteiger charge is 2.16. The van der Waals surface area contributed by atoms with E-state index in [2.05, 4.69) is 5.32 Å². The second kappa shape index (κ2) is 6.74. The third kappa shape index (κ3) is 4.00. The van der Waals surface area contributed by atoms with Gasteiger partial charge in [0.1, 0.15) is 0 Å². The number of nitrogens with zero attached hydrogens (tertiary/aromatic N) is 2. The van der Waals surface area contributed by atoms with E-state index in [0.29, 0.717) is 6.04 Å². The van der Waals surface area contributed by atoms with Gasteiger partial charge in [-0.25, -0.2) is 4.79 Å². The van der Waals surface area contributed by atoms with E-state index in [1.54, 1.807) is 4.90 Å². The summed E-state index contributed by atoms with van der Waals surface area (Å²) in [6.45, 7) is 4.75. The third-order valence-corrected chi connectivity index (χ3v) is 3.35. The van der Waals surface area contributed by atoms with Crippen LogP contribution in [0.5, 0.6) is 0 Å². The smallest absolute Gasteiger partial charge is 0.319 e. The Kier molecular flexibility index (Phi) is 5.60. The van der Waals surface area contributed by atoms with Crippen molar-refractivity contribution >= 4 is 6.03 Å². The van der Waals surface area contributed by atoms with Crippen LogP contribution in [0.4, 0.5) is 4.79 Å². The first-order valence-electron chi connectivity index (χ1n) is 6.34. The molecule has 1 fully saturated rings. The van der Waals surface area contributed by atoms with E-state index in [4.69, 9.17) is 0 Å². The molecular formula is C12H25N3O. The van der Waals surface area contributed by atoms with Crippen LogP contribution in [0.2, 0.25) is 0 Å². The average Bonchev–Trinajstić information content (AvgIpc) is 2.35. The van der Waals surface area contributed by atoms with Gasteiger partial charge in [0.05, 0.1) is 0 Å². The maximum absolute atomic E-state index is 11.8. The van der Waals surface area contributed by atoms with Gasteiger partial charge in [0.25, 0.3) is 0 Å². The number of piperidine rings is 1. The fraction of sp³-hybridized carbons (Fsp3) is 0.917. The van der Waals surface area contributed by atoms with Gasteiger partial charge in [-0.05, 0) is 32.7 Å². The van der Waals surface area contributed by atoms with E-state index < -0.39 is 0 Å². The summed E-state index contributed by atoms with van der Waals surface area (Å²) < 4.78 is 0. The summed E-state index contributed by atoms with van der Waals surface area (Å²) in [6.07, 6.45) is 4.94. The molecule has 2 amide bonds. The minimum Gasteiger partial charge on any atom is -0.328 e. The summed E-state index contributed by atoms with van der Waals surface area (Å²) >= 11 is 0. The van der Waals surface area contributed by atoms with Crippen LogP contribution < -0.4 is 5.32 Å². The van der Waals surface area contributed by atoms with Crippen LogP contribution in [0.15, 0.2) is 0 Å². The minimum absolute atomic E-state index is 0.123. The monoisotopic (exact) mass is 227 g/mol. The van der Waals surface area contributed by atoms with E-state index in [9.17, 15) is 4.79 Å². The normalized spacial score (nSPS) is 20.6. The number of carbonyl (C=O) groups excluding carboxylic acids is 1. The Morgan fingerprint density at radius 1 is 1.31 bits per heavy atom. The Bertz CT molecular complexity index is 214. The summed E-state index contributed by atoms with van der Waals surface area (Å²) in [6, 6.07) is 0.731. The SMILES string of the molecule is CCN(C)C(=O)N(C)CCC1CCCCN1. The van der Waals surface area contributed by atoms with Crippen molar-refractivity contribution < 1.29 is 4.79 Å². The minimum atomic E-state index is 0.123.